The number of hydrogen-bond donors (Lipinski definition) is 0. The summed E-state index contributed by atoms with van der Waals surface area (Å²) in [5, 5.41) is 4.31. The van der Waals surface area contributed by atoms with E-state index in [2.05, 4.69) is 5.10 Å². The molecule has 0 aliphatic carbocycles. The van der Waals surface area contributed by atoms with Crippen molar-refractivity contribution < 1.29 is 18.9 Å². The summed E-state index contributed by atoms with van der Waals surface area (Å²) in [5.74, 6) is -0.927. The molecule has 7 nitrogen and oxygen atoms in total. The van der Waals surface area contributed by atoms with E-state index >= 15 is 0 Å². The number of para-hydroxylation sites is 1. The molecule has 1 aromatic carbocycles. The van der Waals surface area contributed by atoms with Gasteiger partial charge in [-0.3, -0.25) is 14.5 Å². The van der Waals surface area contributed by atoms with Crippen LogP contribution in [0.2, 0.25) is 0 Å². The Hall–Kier alpha value is -2.61. The first-order chi connectivity index (χ1) is 10.6. The molecule has 0 saturated carbocycles. The third-order valence-corrected chi connectivity index (χ3v) is 3.15. The maximum atomic E-state index is 11.7. The van der Waals surface area contributed by atoms with Crippen molar-refractivity contribution >= 4 is 24.7 Å². The van der Waals surface area contributed by atoms with Crippen LogP contribution in [0.3, 0.4) is 0 Å². The SMILES string of the molecule is CN1CC(=O)OB(c2ccn(-c3ccccc3)n2)OC(=O)C1. The lowest BCUT2D eigenvalue weighted by Gasteiger charge is -2.21. The third kappa shape index (κ3) is 3.17. The highest BCUT2D eigenvalue weighted by atomic mass is 16.6. The lowest BCUT2D eigenvalue weighted by molar-refractivity contribution is -0.145. The first kappa shape index (κ1) is 14.3. The molecule has 22 heavy (non-hydrogen) atoms. The molecule has 0 unspecified atom stereocenters. The second-order valence-electron chi connectivity index (χ2n) is 5.00. The first-order valence-corrected chi connectivity index (χ1v) is 6.80. The topological polar surface area (TPSA) is 73.7 Å². The molecule has 2 aromatic rings. The van der Waals surface area contributed by atoms with Gasteiger partial charge in [-0.1, -0.05) is 18.2 Å². The Morgan fingerprint density at radius 2 is 1.68 bits per heavy atom. The maximum Gasteiger partial charge on any atom is 0.658 e. The number of nitrogens with zero attached hydrogens (tertiary/aromatic N) is 3. The van der Waals surface area contributed by atoms with Gasteiger partial charge in [0.15, 0.2) is 0 Å². The van der Waals surface area contributed by atoms with Crippen molar-refractivity contribution in [3.05, 3.63) is 42.6 Å². The van der Waals surface area contributed by atoms with E-state index in [-0.39, 0.29) is 13.1 Å². The summed E-state index contributed by atoms with van der Waals surface area (Å²) in [6.45, 7) is 0.0655. The summed E-state index contributed by atoms with van der Waals surface area (Å²) in [6, 6.07) is 11.1. The van der Waals surface area contributed by atoms with Gasteiger partial charge in [0.25, 0.3) is 0 Å². The molecule has 1 aromatic heterocycles. The normalized spacial score (nSPS) is 16.7. The fourth-order valence-corrected chi connectivity index (χ4v) is 2.14. The van der Waals surface area contributed by atoms with Gasteiger partial charge in [-0.05, 0) is 25.2 Å². The summed E-state index contributed by atoms with van der Waals surface area (Å²) < 4.78 is 12.0. The van der Waals surface area contributed by atoms with Crippen LogP contribution < -0.4 is 5.59 Å². The molecule has 1 saturated heterocycles. The van der Waals surface area contributed by atoms with E-state index in [1.165, 1.54) is 4.90 Å². The van der Waals surface area contributed by atoms with E-state index in [1.54, 1.807) is 24.0 Å². The average molecular weight is 299 g/mol. The number of likely N-dealkylation sites (N-methyl/N-ethyl adjacent to an activating group) is 1. The average Bonchev–Trinajstić information content (AvgIpc) is 2.95. The second-order valence-corrected chi connectivity index (χ2v) is 5.00. The van der Waals surface area contributed by atoms with Crippen LogP contribution in [0.15, 0.2) is 42.6 Å². The number of benzene rings is 1. The van der Waals surface area contributed by atoms with Crippen LogP contribution >= 0.6 is 0 Å². The van der Waals surface area contributed by atoms with Crippen LogP contribution in [0.4, 0.5) is 0 Å². The van der Waals surface area contributed by atoms with Crippen molar-refractivity contribution in [3.8, 4) is 5.69 Å². The maximum absolute atomic E-state index is 11.7. The highest BCUT2D eigenvalue weighted by Crippen LogP contribution is 2.05. The molecular formula is C14H14BN3O4. The zero-order chi connectivity index (χ0) is 15.5. The molecule has 1 aliphatic heterocycles. The van der Waals surface area contributed by atoms with Gasteiger partial charge in [0.2, 0.25) is 0 Å². The minimum Gasteiger partial charge on any atom is -0.493 e. The van der Waals surface area contributed by atoms with E-state index < -0.39 is 19.1 Å². The van der Waals surface area contributed by atoms with Gasteiger partial charge in [-0.15, -0.1) is 0 Å². The Bertz CT molecular complexity index is 668. The monoisotopic (exact) mass is 299 g/mol. The molecule has 3 rings (SSSR count). The van der Waals surface area contributed by atoms with E-state index in [0.29, 0.717) is 5.59 Å². The largest absolute Gasteiger partial charge is 0.658 e. The lowest BCUT2D eigenvalue weighted by Crippen LogP contribution is -2.48. The van der Waals surface area contributed by atoms with Crippen LogP contribution in [-0.4, -0.2) is 53.9 Å². The van der Waals surface area contributed by atoms with E-state index in [0.717, 1.165) is 5.69 Å². The molecular weight excluding hydrogens is 285 g/mol. The van der Waals surface area contributed by atoms with Crippen molar-refractivity contribution in [1.82, 2.24) is 14.7 Å². The molecule has 0 atom stereocenters. The van der Waals surface area contributed by atoms with Crippen molar-refractivity contribution in [1.29, 1.82) is 0 Å². The van der Waals surface area contributed by atoms with E-state index in [9.17, 15) is 9.59 Å². The lowest BCUT2D eigenvalue weighted by atomic mass is 9.84. The van der Waals surface area contributed by atoms with Gasteiger partial charge in [-0.25, -0.2) is 4.68 Å². The van der Waals surface area contributed by atoms with Crippen molar-refractivity contribution in [2.45, 2.75) is 0 Å². The second kappa shape index (κ2) is 6.02. The predicted molar refractivity (Wildman–Crippen MR) is 78.6 cm³/mol. The Morgan fingerprint density at radius 3 is 2.32 bits per heavy atom. The molecule has 1 fully saturated rings. The molecule has 2 heterocycles. The molecule has 0 spiro atoms. The Morgan fingerprint density at radius 1 is 1.05 bits per heavy atom. The van der Waals surface area contributed by atoms with Crippen LogP contribution in [0.5, 0.6) is 0 Å². The van der Waals surface area contributed by atoms with Crippen molar-refractivity contribution in [2.75, 3.05) is 20.1 Å². The molecule has 112 valence electrons. The third-order valence-electron chi connectivity index (χ3n) is 3.15. The molecule has 0 radical (unpaired) electrons. The summed E-state index contributed by atoms with van der Waals surface area (Å²) >= 11 is 0. The van der Waals surface area contributed by atoms with Gasteiger partial charge < -0.3 is 9.31 Å². The number of carbonyl (C=O) groups is 2. The standard InChI is InChI=1S/C14H14BN3O4/c1-17-9-13(19)21-15(22-14(20)10-17)12-7-8-18(16-12)11-5-3-2-4-6-11/h2-8H,9-10H2,1H3. The van der Waals surface area contributed by atoms with Gasteiger partial charge in [0.1, 0.15) is 5.59 Å². The molecule has 0 amide bonds. The quantitative estimate of drug-likeness (QED) is 0.703. The Labute approximate surface area is 127 Å². The van der Waals surface area contributed by atoms with Gasteiger partial charge in [0.05, 0.1) is 18.8 Å². The summed E-state index contributed by atoms with van der Waals surface area (Å²) in [4.78, 5) is 25.0. The number of carbonyl (C=O) groups excluding carboxylic acids is 2. The van der Waals surface area contributed by atoms with Crippen molar-refractivity contribution in [2.24, 2.45) is 0 Å². The van der Waals surface area contributed by atoms with Crippen LogP contribution in [0, 0.1) is 0 Å². The smallest absolute Gasteiger partial charge is 0.493 e. The number of aromatic nitrogens is 2. The fourth-order valence-electron chi connectivity index (χ4n) is 2.14. The molecule has 0 N–H and O–H groups in total. The minimum absolute atomic E-state index is 0.0327. The van der Waals surface area contributed by atoms with Crippen molar-refractivity contribution in [3.63, 3.8) is 0 Å². The Kier molecular flexibility index (Phi) is 3.93. The van der Waals surface area contributed by atoms with Crippen LogP contribution in [0.1, 0.15) is 0 Å². The highest BCUT2D eigenvalue weighted by molar-refractivity contribution is 6.63. The van der Waals surface area contributed by atoms with Crippen LogP contribution in [0.25, 0.3) is 5.69 Å². The fraction of sp³-hybridized carbons (Fsp3) is 0.214. The van der Waals surface area contributed by atoms with E-state index in [4.69, 9.17) is 9.31 Å². The molecule has 0 bridgehead atoms. The summed E-state index contributed by atoms with van der Waals surface area (Å²) in [5.41, 5.74) is 1.23. The van der Waals surface area contributed by atoms with E-state index in [1.807, 2.05) is 30.3 Å². The van der Waals surface area contributed by atoms with Gasteiger partial charge in [0, 0.05) is 6.20 Å². The molecule has 8 heteroatoms. The summed E-state index contributed by atoms with van der Waals surface area (Å²) in [7, 11) is 0.533. The number of rotatable bonds is 2. The summed E-state index contributed by atoms with van der Waals surface area (Å²) in [6.07, 6.45) is 1.72. The first-order valence-electron chi connectivity index (χ1n) is 6.80. The number of hydrogen-bond acceptors (Lipinski definition) is 6. The Balaban J connectivity index is 1.82. The highest BCUT2D eigenvalue weighted by Gasteiger charge is 2.35. The zero-order valence-electron chi connectivity index (χ0n) is 12.0. The minimum atomic E-state index is -1.11. The van der Waals surface area contributed by atoms with Gasteiger partial charge in [-0.2, -0.15) is 5.10 Å². The molecule has 1 aliphatic rings. The van der Waals surface area contributed by atoms with Gasteiger partial charge >= 0.3 is 19.1 Å². The zero-order valence-corrected chi connectivity index (χ0v) is 12.0. The van der Waals surface area contributed by atoms with Crippen LogP contribution in [-0.2, 0) is 18.9 Å². The predicted octanol–water partition coefficient (Wildman–Crippen LogP) is -0.401.